The summed E-state index contributed by atoms with van der Waals surface area (Å²) in [7, 11) is 5.33. The van der Waals surface area contributed by atoms with Gasteiger partial charge in [0.15, 0.2) is 0 Å². The van der Waals surface area contributed by atoms with Crippen molar-refractivity contribution in [1.29, 1.82) is 0 Å². The number of aliphatic hydroxyl groups excluding tert-OH is 1. The lowest BCUT2D eigenvalue weighted by atomic mass is 10.3. The van der Waals surface area contributed by atoms with E-state index in [1.807, 2.05) is 9.80 Å². The molecule has 0 aromatic heterocycles. The number of hydrogen-bond donors (Lipinski definition) is 3. The topological polar surface area (TPSA) is 232 Å². The summed E-state index contributed by atoms with van der Waals surface area (Å²) < 4.78 is 52.3. The van der Waals surface area contributed by atoms with Crippen LogP contribution >= 0.6 is 11.6 Å². The Bertz CT molecular complexity index is 1090. The number of methoxy groups -OCH3 is 4. The Morgan fingerprint density at radius 1 is 0.452 bits per heavy atom. The highest BCUT2D eigenvalue weighted by molar-refractivity contribution is 6.17. The fraction of sp³-hybridized carbons (Fsp3) is 0.875. The van der Waals surface area contributed by atoms with Gasteiger partial charge < -0.3 is 62.7 Å². The number of aliphatic hydroxyl groups is 1. The molecule has 0 rings (SSSR count). The first kappa shape index (κ1) is 59.2. The van der Waals surface area contributed by atoms with Crippen molar-refractivity contribution in [3.05, 3.63) is 0 Å². The van der Waals surface area contributed by atoms with E-state index >= 15 is 0 Å². The number of carbonyl (C=O) groups excluding carboxylic acids is 5. The van der Waals surface area contributed by atoms with E-state index in [-0.39, 0.29) is 61.9 Å². The van der Waals surface area contributed by atoms with Crippen LogP contribution < -0.4 is 10.6 Å². The summed E-state index contributed by atoms with van der Waals surface area (Å²) in [6, 6.07) is 0. The number of nitrogens with one attached hydrogen (secondary N) is 2. The lowest BCUT2D eigenvalue weighted by Crippen LogP contribution is -2.39. The number of ether oxygens (including phenoxy) is 10. The Kier molecular flexibility index (Phi) is 41.5. The van der Waals surface area contributed by atoms with Crippen LogP contribution in [0.4, 0.5) is 0 Å². The third-order valence-electron chi connectivity index (χ3n) is 9.00. The van der Waals surface area contributed by atoms with E-state index in [1.54, 1.807) is 0 Å². The molecule has 1 amide bonds. The van der Waals surface area contributed by atoms with E-state index in [0.717, 1.165) is 0 Å². The Balaban J connectivity index is 4.40. The highest BCUT2D eigenvalue weighted by Crippen LogP contribution is 2.01. The predicted molar refractivity (Wildman–Crippen MR) is 228 cm³/mol. The zero-order valence-corrected chi connectivity index (χ0v) is 38.3. The number of amides is 1. The Morgan fingerprint density at radius 2 is 0.790 bits per heavy atom. The minimum absolute atomic E-state index is 0.126. The van der Waals surface area contributed by atoms with E-state index in [1.165, 1.54) is 28.4 Å². The van der Waals surface area contributed by atoms with Gasteiger partial charge in [-0.3, -0.25) is 39.1 Å². The minimum atomic E-state index is -0.782. The average Bonchev–Trinajstić information content (AvgIpc) is 3.28. The lowest BCUT2D eigenvalue weighted by molar-refractivity contribution is -0.143. The molecule has 0 heterocycles. The molecular formula is C40H76ClN5O16. The number of nitrogens with zero attached hydrogens (tertiary/aromatic N) is 3. The van der Waals surface area contributed by atoms with Gasteiger partial charge in [-0.2, -0.15) is 0 Å². The maximum atomic E-state index is 12.6. The maximum Gasteiger partial charge on any atom is 0.306 e. The highest BCUT2D eigenvalue weighted by Gasteiger charge is 2.14. The summed E-state index contributed by atoms with van der Waals surface area (Å²) in [6.07, 6.45) is 0.716. The lowest BCUT2D eigenvalue weighted by Gasteiger charge is -2.24. The number of hydrogen-bond acceptors (Lipinski definition) is 20. The summed E-state index contributed by atoms with van der Waals surface area (Å²) in [5, 5.41) is 16.5. The molecule has 0 aromatic carbocycles. The molecule has 0 radical (unpaired) electrons. The quantitative estimate of drug-likeness (QED) is 0.0225. The molecule has 1 unspecified atom stereocenters. The van der Waals surface area contributed by atoms with Gasteiger partial charge in [0.25, 0.3) is 0 Å². The van der Waals surface area contributed by atoms with Gasteiger partial charge in [-0.05, 0) is 6.42 Å². The second-order valence-electron chi connectivity index (χ2n) is 13.6. The van der Waals surface area contributed by atoms with E-state index in [9.17, 15) is 29.1 Å². The molecule has 1 atom stereocenters. The molecular weight excluding hydrogens is 842 g/mol. The molecule has 21 nitrogen and oxygen atoms in total. The third-order valence-corrected chi connectivity index (χ3v) is 9.16. The number of rotatable bonds is 45. The van der Waals surface area contributed by atoms with Gasteiger partial charge in [0.2, 0.25) is 5.91 Å². The average molecular weight is 919 g/mol. The van der Waals surface area contributed by atoms with Crippen molar-refractivity contribution in [2.75, 3.05) is 186 Å². The van der Waals surface area contributed by atoms with Gasteiger partial charge in [-0.1, -0.05) is 0 Å². The molecule has 0 saturated carbocycles. The molecule has 0 aliphatic heterocycles. The first-order valence-corrected chi connectivity index (χ1v) is 21.8. The molecule has 0 spiro atoms. The Hall–Kier alpha value is -2.80. The highest BCUT2D eigenvalue weighted by atomic mass is 35.5. The van der Waals surface area contributed by atoms with Crippen molar-refractivity contribution >= 4 is 41.4 Å². The van der Waals surface area contributed by atoms with Crippen molar-refractivity contribution in [3.63, 3.8) is 0 Å². The number of halogens is 1. The van der Waals surface area contributed by atoms with Crippen LogP contribution in [0.3, 0.4) is 0 Å². The third kappa shape index (κ3) is 38.8. The van der Waals surface area contributed by atoms with Crippen molar-refractivity contribution in [3.8, 4) is 0 Å². The van der Waals surface area contributed by atoms with Crippen LogP contribution in [0.5, 0.6) is 0 Å². The van der Waals surface area contributed by atoms with Gasteiger partial charge in [-0.25, -0.2) is 0 Å². The molecule has 364 valence electrons. The molecule has 0 aromatic rings. The van der Waals surface area contributed by atoms with E-state index < -0.39 is 6.23 Å². The van der Waals surface area contributed by atoms with Gasteiger partial charge in [0.05, 0.1) is 133 Å². The molecule has 62 heavy (non-hydrogen) atoms. The first-order chi connectivity index (χ1) is 30.1. The van der Waals surface area contributed by atoms with Crippen molar-refractivity contribution < 1.29 is 76.4 Å². The van der Waals surface area contributed by atoms with Crippen LogP contribution in [0.1, 0.15) is 38.5 Å². The second kappa shape index (κ2) is 43.5. The zero-order chi connectivity index (χ0) is 45.9. The van der Waals surface area contributed by atoms with Crippen LogP contribution in [0, 0.1) is 0 Å². The molecule has 0 aliphatic carbocycles. The molecule has 22 heteroatoms. The van der Waals surface area contributed by atoms with Gasteiger partial charge in [-0.15, -0.1) is 11.6 Å². The maximum absolute atomic E-state index is 12.6. The monoisotopic (exact) mass is 917 g/mol. The first-order valence-electron chi connectivity index (χ1n) is 21.2. The fourth-order valence-corrected chi connectivity index (χ4v) is 5.44. The Morgan fingerprint density at radius 3 is 1.18 bits per heavy atom. The summed E-state index contributed by atoms with van der Waals surface area (Å²) in [6.45, 7) is 9.71. The van der Waals surface area contributed by atoms with Crippen LogP contribution in [0.15, 0.2) is 0 Å². The largest absolute Gasteiger partial charge is 0.469 e. The Labute approximate surface area is 372 Å². The van der Waals surface area contributed by atoms with E-state index in [4.69, 9.17) is 59.0 Å². The van der Waals surface area contributed by atoms with Gasteiger partial charge in [0.1, 0.15) is 6.23 Å². The molecule has 0 aliphatic rings. The van der Waals surface area contributed by atoms with E-state index in [2.05, 4.69) is 15.5 Å². The molecule has 0 fully saturated rings. The molecule has 3 N–H and O–H groups in total. The van der Waals surface area contributed by atoms with Crippen molar-refractivity contribution in [2.24, 2.45) is 0 Å². The number of carbonyl (C=O) groups is 5. The van der Waals surface area contributed by atoms with Gasteiger partial charge in [0, 0.05) is 84.3 Å². The normalized spacial score (nSPS) is 11.9. The van der Waals surface area contributed by atoms with Crippen molar-refractivity contribution in [2.45, 2.75) is 44.8 Å². The predicted octanol–water partition coefficient (Wildman–Crippen LogP) is -0.712. The summed E-state index contributed by atoms with van der Waals surface area (Å²) >= 11 is 5.64. The second-order valence-corrected chi connectivity index (χ2v) is 13.9. The van der Waals surface area contributed by atoms with Crippen molar-refractivity contribution in [1.82, 2.24) is 25.3 Å². The minimum Gasteiger partial charge on any atom is -0.469 e. The van der Waals surface area contributed by atoms with Crippen LogP contribution in [-0.4, -0.2) is 241 Å². The van der Waals surface area contributed by atoms with Crippen LogP contribution in [-0.2, 0) is 71.3 Å². The standard InChI is InChI=1S/C40H76ClN5O16/c1-53-37(49)7-16-45(17-8-38(50)54-2)21-27-61-33-30-58-24-12-42-35(47)5-14-44(20-26-60-32-29-57-23-11-41)15-6-36(48)43-13-25-59-31-34-62-28-22-46(18-9-39(51)55-3)19-10-40(52)56-4/h35,42,47H,5-34H2,1-4H3,(H,43,48). The molecule has 0 saturated heterocycles. The summed E-state index contributed by atoms with van der Waals surface area (Å²) in [5.41, 5.74) is 0. The number of esters is 4. The summed E-state index contributed by atoms with van der Waals surface area (Å²) in [4.78, 5) is 64.6. The number of alkyl halides is 1. The zero-order valence-electron chi connectivity index (χ0n) is 37.6. The smallest absolute Gasteiger partial charge is 0.306 e. The molecule has 0 bridgehead atoms. The van der Waals surface area contributed by atoms with Crippen LogP contribution in [0.2, 0.25) is 0 Å². The SMILES string of the molecule is COC(=O)CCN(CCOCCOCCNC(=O)CCN(CCOCCOCCCl)CCC(O)NCCOCCOCCN(CCC(=O)OC)CCC(=O)OC)CCC(=O)OC. The van der Waals surface area contributed by atoms with Crippen LogP contribution in [0.25, 0.3) is 0 Å². The summed E-state index contributed by atoms with van der Waals surface area (Å²) in [5.74, 6) is -1.02. The van der Waals surface area contributed by atoms with Gasteiger partial charge >= 0.3 is 23.9 Å². The fourth-order valence-electron chi connectivity index (χ4n) is 5.33. The van der Waals surface area contributed by atoms with E-state index in [0.29, 0.717) is 164 Å².